The van der Waals surface area contributed by atoms with Crippen LogP contribution in [0.25, 0.3) is 0 Å². The summed E-state index contributed by atoms with van der Waals surface area (Å²) in [5.74, 6) is -1.02. The Labute approximate surface area is 125 Å². The van der Waals surface area contributed by atoms with Gasteiger partial charge in [0.15, 0.2) is 0 Å². The first-order chi connectivity index (χ1) is 9.95. The first-order valence-electron chi connectivity index (χ1n) is 7.37. The molecule has 0 aromatic heterocycles. The van der Waals surface area contributed by atoms with Gasteiger partial charge in [-0.2, -0.15) is 0 Å². The van der Waals surface area contributed by atoms with Crippen LogP contribution in [0.3, 0.4) is 0 Å². The molecule has 0 aliphatic heterocycles. The number of carboxylic acid groups (broad SMARTS) is 1. The van der Waals surface area contributed by atoms with Crippen molar-refractivity contribution in [2.75, 3.05) is 27.3 Å². The number of carbonyl (C=O) groups is 2. The lowest BCUT2D eigenvalue weighted by Crippen LogP contribution is -2.51. The summed E-state index contributed by atoms with van der Waals surface area (Å²) in [6, 6.07) is -1.34. The van der Waals surface area contributed by atoms with E-state index < -0.39 is 24.1 Å². The standard InChI is InChI=1S/C14H26N2O5/c1-16(8-11(17)9-21-2)14(20)15-12(13(18)19)10-6-4-3-5-7-10/h10-12,17H,3-9H2,1-2H3,(H,15,20)(H,18,19). The number of likely N-dealkylation sites (N-methyl/N-ethyl adjacent to an activating group) is 1. The number of hydrogen-bond donors (Lipinski definition) is 3. The van der Waals surface area contributed by atoms with E-state index in [2.05, 4.69) is 5.32 Å². The van der Waals surface area contributed by atoms with Gasteiger partial charge in [-0.05, 0) is 18.8 Å². The van der Waals surface area contributed by atoms with Gasteiger partial charge in [0, 0.05) is 14.2 Å². The fourth-order valence-electron chi connectivity index (χ4n) is 2.74. The predicted molar refractivity (Wildman–Crippen MR) is 77.0 cm³/mol. The number of methoxy groups -OCH3 is 1. The third kappa shape index (κ3) is 5.89. The maximum absolute atomic E-state index is 12.0. The van der Waals surface area contributed by atoms with Crippen LogP contribution >= 0.6 is 0 Å². The summed E-state index contributed by atoms with van der Waals surface area (Å²) in [4.78, 5) is 24.7. The molecule has 0 spiro atoms. The zero-order chi connectivity index (χ0) is 15.8. The van der Waals surface area contributed by atoms with Crippen LogP contribution in [0.15, 0.2) is 0 Å². The number of aliphatic hydroxyl groups is 1. The van der Waals surface area contributed by atoms with E-state index in [9.17, 15) is 19.8 Å². The molecule has 1 fully saturated rings. The summed E-state index contributed by atoms with van der Waals surface area (Å²) in [7, 11) is 2.99. The number of rotatable bonds is 7. The van der Waals surface area contributed by atoms with E-state index in [0.717, 1.165) is 32.1 Å². The molecule has 0 aromatic carbocycles. The number of hydrogen-bond acceptors (Lipinski definition) is 4. The van der Waals surface area contributed by atoms with Crippen LogP contribution in [0.1, 0.15) is 32.1 Å². The lowest BCUT2D eigenvalue weighted by atomic mass is 9.84. The predicted octanol–water partition coefficient (Wildman–Crippen LogP) is 0.669. The highest BCUT2D eigenvalue weighted by molar-refractivity contribution is 5.82. The van der Waals surface area contributed by atoms with E-state index in [1.807, 2.05) is 0 Å². The number of nitrogens with zero attached hydrogens (tertiary/aromatic N) is 1. The lowest BCUT2D eigenvalue weighted by molar-refractivity contribution is -0.141. The van der Waals surface area contributed by atoms with Crippen LogP contribution in [0.5, 0.6) is 0 Å². The highest BCUT2D eigenvalue weighted by atomic mass is 16.5. The first-order valence-corrected chi connectivity index (χ1v) is 7.37. The van der Waals surface area contributed by atoms with Crippen molar-refractivity contribution in [1.82, 2.24) is 10.2 Å². The van der Waals surface area contributed by atoms with Gasteiger partial charge >= 0.3 is 12.0 Å². The zero-order valence-electron chi connectivity index (χ0n) is 12.7. The van der Waals surface area contributed by atoms with Gasteiger partial charge in [-0.3, -0.25) is 0 Å². The third-order valence-electron chi connectivity index (χ3n) is 3.86. The molecule has 0 aromatic rings. The van der Waals surface area contributed by atoms with Crippen LogP contribution in [0.4, 0.5) is 4.79 Å². The van der Waals surface area contributed by atoms with Crippen LogP contribution in [-0.2, 0) is 9.53 Å². The average molecular weight is 302 g/mol. The smallest absolute Gasteiger partial charge is 0.326 e. The molecule has 0 saturated heterocycles. The molecule has 1 saturated carbocycles. The van der Waals surface area contributed by atoms with Gasteiger partial charge in [-0.25, -0.2) is 9.59 Å². The fraction of sp³-hybridized carbons (Fsp3) is 0.857. The second-order valence-electron chi connectivity index (χ2n) is 5.65. The first kappa shape index (κ1) is 17.7. The van der Waals surface area contributed by atoms with Crippen molar-refractivity contribution in [3.05, 3.63) is 0 Å². The second kappa shape index (κ2) is 8.84. The summed E-state index contributed by atoms with van der Waals surface area (Å²) < 4.78 is 4.80. The van der Waals surface area contributed by atoms with E-state index in [-0.39, 0.29) is 19.1 Å². The van der Waals surface area contributed by atoms with Gasteiger partial charge in [-0.1, -0.05) is 19.3 Å². The molecule has 0 bridgehead atoms. The fourth-order valence-corrected chi connectivity index (χ4v) is 2.74. The Bertz CT molecular complexity index is 344. The van der Waals surface area contributed by atoms with Crippen molar-refractivity contribution in [2.45, 2.75) is 44.2 Å². The molecule has 1 aliphatic rings. The number of ether oxygens (including phenoxy) is 1. The van der Waals surface area contributed by atoms with Crippen LogP contribution in [0.2, 0.25) is 0 Å². The van der Waals surface area contributed by atoms with Gasteiger partial charge in [0.05, 0.1) is 19.3 Å². The van der Waals surface area contributed by atoms with E-state index in [1.54, 1.807) is 0 Å². The molecular weight excluding hydrogens is 276 g/mol. The van der Waals surface area contributed by atoms with Crippen LogP contribution in [-0.4, -0.2) is 66.6 Å². The van der Waals surface area contributed by atoms with Gasteiger partial charge in [-0.15, -0.1) is 0 Å². The minimum atomic E-state index is -0.999. The topological polar surface area (TPSA) is 99.1 Å². The molecule has 2 amide bonds. The van der Waals surface area contributed by atoms with Gasteiger partial charge in [0.1, 0.15) is 6.04 Å². The summed E-state index contributed by atoms with van der Waals surface area (Å²) >= 11 is 0. The average Bonchev–Trinajstić information content (AvgIpc) is 2.45. The Morgan fingerprint density at radius 2 is 1.95 bits per heavy atom. The van der Waals surface area contributed by atoms with Crippen LogP contribution in [0, 0.1) is 5.92 Å². The van der Waals surface area contributed by atoms with Crippen molar-refractivity contribution < 1.29 is 24.5 Å². The molecule has 0 heterocycles. The molecule has 122 valence electrons. The van der Waals surface area contributed by atoms with E-state index in [4.69, 9.17) is 4.74 Å². The monoisotopic (exact) mass is 302 g/mol. The molecule has 21 heavy (non-hydrogen) atoms. The maximum atomic E-state index is 12.0. The molecule has 1 aliphatic carbocycles. The quantitative estimate of drug-likeness (QED) is 0.642. The van der Waals surface area contributed by atoms with Crippen molar-refractivity contribution in [1.29, 1.82) is 0 Å². The zero-order valence-corrected chi connectivity index (χ0v) is 12.7. The minimum absolute atomic E-state index is 0.0162. The number of carbonyl (C=O) groups excluding carboxylic acids is 1. The summed E-state index contributed by atoms with van der Waals surface area (Å²) in [5.41, 5.74) is 0. The third-order valence-corrected chi connectivity index (χ3v) is 3.86. The highest BCUT2D eigenvalue weighted by Crippen LogP contribution is 2.26. The van der Waals surface area contributed by atoms with Gasteiger partial charge in [0.25, 0.3) is 0 Å². The number of carboxylic acids is 1. The Morgan fingerprint density at radius 1 is 1.33 bits per heavy atom. The summed E-state index contributed by atoms with van der Waals surface area (Å²) in [6.07, 6.45) is 4.00. The van der Waals surface area contributed by atoms with E-state index >= 15 is 0 Å². The minimum Gasteiger partial charge on any atom is -0.480 e. The number of aliphatic hydroxyl groups excluding tert-OH is 1. The van der Waals surface area contributed by atoms with Crippen molar-refractivity contribution in [3.8, 4) is 0 Å². The number of urea groups is 1. The summed E-state index contributed by atoms with van der Waals surface area (Å²) in [6.45, 7) is 0.222. The van der Waals surface area contributed by atoms with Gasteiger partial charge in [0.2, 0.25) is 0 Å². The molecule has 2 atom stereocenters. The molecule has 0 radical (unpaired) electrons. The molecule has 7 nitrogen and oxygen atoms in total. The SMILES string of the molecule is COCC(O)CN(C)C(=O)NC(C(=O)O)C1CCCCC1. The Kier molecular flexibility index (Phi) is 7.45. The summed E-state index contributed by atoms with van der Waals surface area (Å²) in [5, 5.41) is 21.5. The Hall–Kier alpha value is -1.34. The largest absolute Gasteiger partial charge is 0.480 e. The second-order valence-corrected chi connectivity index (χ2v) is 5.65. The Morgan fingerprint density at radius 3 is 2.48 bits per heavy atom. The van der Waals surface area contributed by atoms with Gasteiger partial charge < -0.3 is 25.2 Å². The van der Waals surface area contributed by atoms with Crippen LogP contribution < -0.4 is 5.32 Å². The Balaban J connectivity index is 2.53. The normalized spacial score (nSPS) is 18.8. The van der Waals surface area contributed by atoms with Crippen molar-refractivity contribution in [3.63, 3.8) is 0 Å². The van der Waals surface area contributed by atoms with Crippen molar-refractivity contribution >= 4 is 12.0 Å². The molecule has 1 rings (SSSR count). The maximum Gasteiger partial charge on any atom is 0.326 e. The number of amides is 2. The van der Waals surface area contributed by atoms with E-state index in [0.29, 0.717) is 0 Å². The number of nitrogens with one attached hydrogen (secondary N) is 1. The van der Waals surface area contributed by atoms with E-state index in [1.165, 1.54) is 19.1 Å². The molecule has 7 heteroatoms. The molecular formula is C14H26N2O5. The lowest BCUT2D eigenvalue weighted by Gasteiger charge is -2.30. The highest BCUT2D eigenvalue weighted by Gasteiger charge is 2.31. The number of aliphatic carboxylic acids is 1. The molecule has 3 N–H and O–H groups in total. The molecule has 2 unspecified atom stereocenters. The van der Waals surface area contributed by atoms with Crippen molar-refractivity contribution in [2.24, 2.45) is 5.92 Å².